The van der Waals surface area contributed by atoms with Crippen LogP contribution < -0.4 is 15.2 Å². The van der Waals surface area contributed by atoms with E-state index < -0.39 is 0 Å². The predicted molar refractivity (Wildman–Crippen MR) is 123 cm³/mol. The van der Waals surface area contributed by atoms with Crippen LogP contribution in [0.15, 0.2) is 30.6 Å². The van der Waals surface area contributed by atoms with E-state index in [-0.39, 0.29) is 6.03 Å². The van der Waals surface area contributed by atoms with Gasteiger partial charge in [-0.3, -0.25) is 5.32 Å². The average Bonchev–Trinajstić information content (AvgIpc) is 2.75. The van der Waals surface area contributed by atoms with Crippen LogP contribution >= 0.6 is 0 Å². The molecule has 1 aromatic rings. The van der Waals surface area contributed by atoms with E-state index in [4.69, 9.17) is 0 Å². The minimum atomic E-state index is -0.0812. The Labute approximate surface area is 179 Å². The minimum absolute atomic E-state index is 0.0812. The Morgan fingerprint density at radius 3 is 1.55 bits per heavy atom. The molecule has 0 spiro atoms. The molecule has 0 saturated heterocycles. The molecule has 0 unspecified atom stereocenters. The van der Waals surface area contributed by atoms with Crippen LogP contribution in [-0.4, -0.2) is 12.6 Å². The van der Waals surface area contributed by atoms with Crippen molar-refractivity contribution >= 4 is 6.03 Å². The van der Waals surface area contributed by atoms with E-state index >= 15 is 0 Å². The molecule has 0 aromatic carbocycles. The maximum Gasteiger partial charge on any atom is 0.319 e. The van der Waals surface area contributed by atoms with Gasteiger partial charge >= 0.3 is 6.03 Å². The standard InChI is InChI=1S/C25H45N3O/c1-2-3-4-5-6-7-8-9-10-11-12-13-14-15-16-18-21-26-25(29)27-24-28-22-19-17-20-23-28/h17,19-20,22-23H,2-16,18,21,24H2,1H3,(H-,26,27,29)/p+1. The number of aromatic nitrogens is 1. The van der Waals surface area contributed by atoms with Crippen LogP contribution in [0.3, 0.4) is 0 Å². The van der Waals surface area contributed by atoms with Gasteiger partial charge in [-0.2, -0.15) is 4.57 Å². The number of amides is 2. The molecule has 0 saturated carbocycles. The van der Waals surface area contributed by atoms with Crippen molar-refractivity contribution in [2.45, 2.75) is 116 Å². The number of nitrogens with one attached hydrogen (secondary N) is 2. The molecule has 1 heterocycles. The van der Waals surface area contributed by atoms with Crippen molar-refractivity contribution in [3.63, 3.8) is 0 Å². The SMILES string of the molecule is CCCCCCCCCCCCCCCCCCNC(=O)NC[n+]1ccccc1. The third kappa shape index (κ3) is 17.0. The van der Waals surface area contributed by atoms with E-state index in [9.17, 15) is 4.79 Å². The second-order valence-corrected chi connectivity index (χ2v) is 8.28. The van der Waals surface area contributed by atoms with Gasteiger partial charge < -0.3 is 5.32 Å². The molecule has 4 heteroatoms. The fourth-order valence-corrected chi connectivity index (χ4v) is 3.64. The molecule has 1 rings (SSSR count). The fraction of sp³-hybridized carbons (Fsp3) is 0.760. The van der Waals surface area contributed by atoms with Gasteiger partial charge in [0, 0.05) is 18.7 Å². The predicted octanol–water partition coefficient (Wildman–Crippen LogP) is 6.49. The van der Waals surface area contributed by atoms with Crippen LogP contribution in [-0.2, 0) is 6.67 Å². The van der Waals surface area contributed by atoms with Gasteiger partial charge in [-0.05, 0) is 6.42 Å². The van der Waals surface area contributed by atoms with Crippen LogP contribution in [0.25, 0.3) is 0 Å². The first-order valence-corrected chi connectivity index (χ1v) is 12.3. The summed E-state index contributed by atoms with van der Waals surface area (Å²) < 4.78 is 1.94. The molecule has 0 aliphatic rings. The van der Waals surface area contributed by atoms with Crippen molar-refractivity contribution in [2.24, 2.45) is 0 Å². The van der Waals surface area contributed by atoms with Crippen LogP contribution in [0, 0.1) is 0 Å². The molecule has 2 amide bonds. The van der Waals surface area contributed by atoms with Crippen LogP contribution in [0.2, 0.25) is 0 Å². The third-order valence-electron chi connectivity index (χ3n) is 5.52. The van der Waals surface area contributed by atoms with Gasteiger partial charge in [-0.15, -0.1) is 0 Å². The summed E-state index contributed by atoms with van der Waals surface area (Å²) in [4.78, 5) is 11.7. The lowest BCUT2D eigenvalue weighted by molar-refractivity contribution is -0.699. The van der Waals surface area contributed by atoms with E-state index in [2.05, 4.69) is 17.6 Å². The Kier molecular flexibility index (Phi) is 17.3. The molecule has 29 heavy (non-hydrogen) atoms. The number of unbranched alkanes of at least 4 members (excludes halogenated alkanes) is 15. The van der Waals surface area contributed by atoms with Crippen LogP contribution in [0.4, 0.5) is 4.79 Å². The first-order valence-electron chi connectivity index (χ1n) is 12.3. The Balaban J connectivity index is 1.74. The molecule has 0 aliphatic carbocycles. The Morgan fingerprint density at radius 1 is 0.621 bits per heavy atom. The Morgan fingerprint density at radius 2 is 1.07 bits per heavy atom. The van der Waals surface area contributed by atoms with Crippen molar-refractivity contribution in [1.29, 1.82) is 0 Å². The van der Waals surface area contributed by atoms with Crippen molar-refractivity contribution in [1.82, 2.24) is 10.6 Å². The molecule has 4 nitrogen and oxygen atoms in total. The summed E-state index contributed by atoms with van der Waals surface area (Å²) in [7, 11) is 0. The zero-order chi connectivity index (χ0) is 20.8. The van der Waals surface area contributed by atoms with Crippen molar-refractivity contribution in [2.75, 3.05) is 6.54 Å². The number of nitrogens with zero attached hydrogens (tertiary/aromatic N) is 1. The molecular formula is C25H46N3O+. The Hall–Kier alpha value is -1.58. The quantitative estimate of drug-likeness (QED) is 0.201. The maximum atomic E-state index is 11.7. The monoisotopic (exact) mass is 404 g/mol. The summed E-state index contributed by atoms with van der Waals surface area (Å²) in [6.45, 7) is 3.56. The molecule has 0 radical (unpaired) electrons. The fourth-order valence-electron chi connectivity index (χ4n) is 3.64. The summed E-state index contributed by atoms with van der Waals surface area (Å²) >= 11 is 0. The average molecular weight is 405 g/mol. The second-order valence-electron chi connectivity index (χ2n) is 8.28. The van der Waals surface area contributed by atoms with Crippen LogP contribution in [0.1, 0.15) is 110 Å². The topological polar surface area (TPSA) is 45.0 Å². The smallest absolute Gasteiger partial charge is 0.319 e. The highest BCUT2D eigenvalue weighted by Gasteiger charge is 2.02. The highest BCUT2D eigenvalue weighted by Crippen LogP contribution is 2.13. The molecular weight excluding hydrogens is 358 g/mol. The summed E-state index contributed by atoms with van der Waals surface area (Å²) in [5.74, 6) is 0. The molecule has 0 atom stereocenters. The van der Waals surface area contributed by atoms with E-state index in [1.54, 1.807) is 0 Å². The third-order valence-corrected chi connectivity index (χ3v) is 5.52. The zero-order valence-electron chi connectivity index (χ0n) is 19.0. The largest absolute Gasteiger partial charge is 0.338 e. The number of pyridine rings is 1. The first-order chi connectivity index (χ1) is 14.3. The summed E-state index contributed by atoms with van der Waals surface area (Å²) in [5, 5.41) is 5.81. The number of hydrogen-bond acceptors (Lipinski definition) is 1. The summed E-state index contributed by atoms with van der Waals surface area (Å²) in [6, 6.07) is 5.79. The molecule has 0 bridgehead atoms. The van der Waals surface area contributed by atoms with Crippen LogP contribution in [0.5, 0.6) is 0 Å². The van der Waals surface area contributed by atoms with E-state index in [0.717, 1.165) is 13.0 Å². The number of carbonyl (C=O) groups is 1. The first kappa shape index (κ1) is 25.5. The van der Waals surface area contributed by atoms with Gasteiger partial charge in [0.05, 0.1) is 0 Å². The van der Waals surface area contributed by atoms with Crippen molar-refractivity contribution in [3.05, 3.63) is 30.6 Å². The van der Waals surface area contributed by atoms with Crippen molar-refractivity contribution in [3.8, 4) is 0 Å². The zero-order valence-corrected chi connectivity index (χ0v) is 19.0. The van der Waals surface area contributed by atoms with Gasteiger partial charge in [-0.1, -0.05) is 109 Å². The van der Waals surface area contributed by atoms with Crippen molar-refractivity contribution < 1.29 is 9.36 Å². The lowest BCUT2D eigenvalue weighted by atomic mass is 10.0. The van der Waals surface area contributed by atoms with Gasteiger partial charge in [0.2, 0.25) is 6.67 Å². The minimum Gasteiger partial charge on any atom is -0.338 e. The van der Waals surface area contributed by atoms with E-state index in [0.29, 0.717) is 6.67 Å². The lowest BCUT2D eigenvalue weighted by Crippen LogP contribution is -2.46. The number of hydrogen-bond donors (Lipinski definition) is 2. The molecule has 2 N–H and O–H groups in total. The number of rotatable bonds is 19. The van der Waals surface area contributed by atoms with Gasteiger partial charge in [-0.25, -0.2) is 4.79 Å². The highest BCUT2D eigenvalue weighted by atomic mass is 16.2. The van der Waals surface area contributed by atoms with Gasteiger partial charge in [0.25, 0.3) is 0 Å². The molecule has 0 fully saturated rings. The van der Waals surface area contributed by atoms with E-state index in [1.807, 2.05) is 35.2 Å². The van der Waals surface area contributed by atoms with Gasteiger partial charge in [0.1, 0.15) is 0 Å². The summed E-state index contributed by atoms with van der Waals surface area (Å²) in [5.41, 5.74) is 0. The highest BCUT2D eigenvalue weighted by molar-refractivity contribution is 5.73. The maximum absolute atomic E-state index is 11.7. The van der Waals surface area contributed by atoms with Gasteiger partial charge in [0.15, 0.2) is 12.4 Å². The number of carbonyl (C=O) groups excluding carboxylic acids is 1. The molecule has 0 aliphatic heterocycles. The molecule has 166 valence electrons. The number of urea groups is 1. The second kappa shape index (κ2) is 19.7. The normalized spacial score (nSPS) is 10.8. The molecule has 1 aromatic heterocycles. The Bertz CT molecular complexity index is 478. The lowest BCUT2D eigenvalue weighted by Gasteiger charge is -2.06. The van der Waals surface area contributed by atoms with E-state index in [1.165, 1.54) is 96.3 Å². The summed E-state index contributed by atoms with van der Waals surface area (Å²) in [6.07, 6.45) is 25.8.